The second-order valence-corrected chi connectivity index (χ2v) is 15.0. The molecule has 1 amide bonds. The number of thioether (sulfide) groups is 1. The van der Waals surface area contributed by atoms with Gasteiger partial charge in [-0.05, 0) is 80.0 Å². The number of nitrogens with one attached hydrogen (secondary N) is 1. The summed E-state index contributed by atoms with van der Waals surface area (Å²) in [5, 5.41) is 13.3. The minimum absolute atomic E-state index is 0.00531. The van der Waals surface area contributed by atoms with Gasteiger partial charge in [0, 0.05) is 48.2 Å². The summed E-state index contributed by atoms with van der Waals surface area (Å²) in [6, 6.07) is 14.0. The normalized spacial score (nSPS) is 23.8. The predicted molar refractivity (Wildman–Crippen MR) is 197 cm³/mol. The zero-order valence-corrected chi connectivity index (χ0v) is 30.7. The molecule has 272 valence electrons. The van der Waals surface area contributed by atoms with Gasteiger partial charge in [-0.25, -0.2) is 4.79 Å². The van der Waals surface area contributed by atoms with E-state index in [9.17, 15) is 19.5 Å². The van der Waals surface area contributed by atoms with Gasteiger partial charge in [-0.3, -0.25) is 19.5 Å². The first-order chi connectivity index (χ1) is 24.6. The van der Waals surface area contributed by atoms with Crippen LogP contribution in [0.5, 0.6) is 17.2 Å². The van der Waals surface area contributed by atoms with Gasteiger partial charge in [-0.1, -0.05) is 25.1 Å². The lowest BCUT2D eigenvalue weighted by atomic mass is 9.94. The number of carbonyl (C=O) groups is 3. The minimum Gasteiger partial charge on any atom is -0.493 e. The molecule has 11 nitrogen and oxygen atoms in total. The summed E-state index contributed by atoms with van der Waals surface area (Å²) >= 11 is 1.55. The van der Waals surface area contributed by atoms with Gasteiger partial charge in [0.05, 0.1) is 32.8 Å². The molecule has 0 aromatic heterocycles. The molecular weight excluding hydrogens is 669 g/mol. The number of aliphatic carboxylic acids is 1. The van der Waals surface area contributed by atoms with E-state index in [-0.39, 0.29) is 40.6 Å². The molecule has 0 aliphatic carbocycles. The number of benzene rings is 2. The number of carboxylic acids is 1. The lowest BCUT2D eigenvalue weighted by molar-refractivity contribution is -0.148. The molecule has 6 rings (SSSR count). The van der Waals surface area contributed by atoms with E-state index in [1.807, 2.05) is 37.4 Å². The molecule has 0 radical (unpaired) electrons. The number of likely N-dealkylation sites (tertiary alicyclic amines) is 1. The number of hydrogen-bond donors (Lipinski definition) is 2. The van der Waals surface area contributed by atoms with Gasteiger partial charge < -0.3 is 29.5 Å². The van der Waals surface area contributed by atoms with Crippen LogP contribution in [-0.2, 0) is 27.2 Å². The number of amidine groups is 1. The molecule has 4 atom stereocenters. The van der Waals surface area contributed by atoms with Gasteiger partial charge in [0.15, 0.2) is 11.5 Å². The van der Waals surface area contributed by atoms with Crippen molar-refractivity contribution in [2.75, 3.05) is 40.5 Å². The number of β-lactam (4-membered cyclic amide) rings is 1. The second-order valence-electron chi connectivity index (χ2n) is 13.7. The van der Waals surface area contributed by atoms with E-state index in [1.165, 1.54) is 21.6 Å². The van der Waals surface area contributed by atoms with E-state index in [0.717, 1.165) is 60.1 Å². The topological polar surface area (TPSA) is 130 Å². The number of nitrogens with zero attached hydrogens (tertiary/aromatic N) is 3. The summed E-state index contributed by atoms with van der Waals surface area (Å²) in [7, 11) is 3.30. The van der Waals surface area contributed by atoms with E-state index in [2.05, 4.69) is 28.4 Å². The standard InChI is InChI=1S/C39H48N4O7S/c1-24-31-20-36(45)43(31)37(39(46)47)38(24)51-30-19-32(25(2)44)42(23-30)22-28-12-14-35(41-21-28)40-15-16-50-29-10-6-9-26(17-29)7-5-8-27-11-13-33(48-3)34(18-27)49-4/h6,9-11,13,17-18,21,24,30-32H,5,7-8,12,14-16,19-20,22-23H2,1-4H3,(H,40,41)(H,46,47). The highest BCUT2D eigenvalue weighted by molar-refractivity contribution is 8.03. The molecule has 4 heterocycles. The average Bonchev–Trinajstić information content (AvgIpc) is 3.62. The molecule has 0 bridgehead atoms. The minimum atomic E-state index is -1.05. The Balaban J connectivity index is 0.947. The Morgan fingerprint density at radius 2 is 1.84 bits per heavy atom. The van der Waals surface area contributed by atoms with Crippen molar-refractivity contribution in [2.45, 2.75) is 76.1 Å². The monoisotopic (exact) mass is 716 g/mol. The number of amides is 1. The number of carboxylic acid groups (broad SMARTS) is 1. The fraction of sp³-hybridized carbons (Fsp3) is 0.487. The summed E-state index contributed by atoms with van der Waals surface area (Å²) < 4.78 is 16.8. The first kappa shape index (κ1) is 36.5. The summed E-state index contributed by atoms with van der Waals surface area (Å²) in [4.78, 5) is 46.1. The fourth-order valence-electron chi connectivity index (χ4n) is 7.52. The van der Waals surface area contributed by atoms with Crippen molar-refractivity contribution in [3.8, 4) is 17.2 Å². The van der Waals surface area contributed by atoms with Gasteiger partial charge in [0.25, 0.3) is 0 Å². The van der Waals surface area contributed by atoms with Crippen molar-refractivity contribution in [3.63, 3.8) is 0 Å². The summed E-state index contributed by atoms with van der Waals surface area (Å²) in [5.74, 6) is 2.20. The smallest absolute Gasteiger partial charge is 0.353 e. The van der Waals surface area contributed by atoms with Gasteiger partial charge in [-0.2, -0.15) is 0 Å². The zero-order chi connectivity index (χ0) is 36.1. The first-order valence-electron chi connectivity index (χ1n) is 17.8. The highest BCUT2D eigenvalue weighted by Crippen LogP contribution is 2.49. The van der Waals surface area contributed by atoms with Crippen LogP contribution in [0.2, 0.25) is 0 Å². The molecule has 2 aromatic rings. The lowest BCUT2D eigenvalue weighted by Gasteiger charge is -2.37. The quantitative estimate of drug-likeness (QED) is 0.176. The van der Waals surface area contributed by atoms with Gasteiger partial charge in [0.2, 0.25) is 5.91 Å². The number of methoxy groups -OCH3 is 2. The highest BCUT2D eigenvalue weighted by Gasteiger charge is 2.52. The van der Waals surface area contributed by atoms with E-state index in [4.69, 9.17) is 19.2 Å². The Morgan fingerprint density at radius 3 is 2.53 bits per heavy atom. The largest absolute Gasteiger partial charge is 0.493 e. The Hall–Kier alpha value is -4.29. The van der Waals surface area contributed by atoms with Crippen LogP contribution < -0.4 is 19.5 Å². The van der Waals surface area contributed by atoms with Crippen molar-refractivity contribution in [2.24, 2.45) is 10.9 Å². The molecule has 4 aliphatic rings. The van der Waals surface area contributed by atoms with Crippen molar-refractivity contribution in [3.05, 3.63) is 76.0 Å². The Morgan fingerprint density at radius 1 is 1.06 bits per heavy atom. The number of ketones is 1. The van der Waals surface area contributed by atoms with Crippen molar-refractivity contribution < 1.29 is 33.7 Å². The molecule has 0 saturated carbocycles. The number of hydrogen-bond acceptors (Lipinski definition) is 9. The third-order valence-electron chi connectivity index (χ3n) is 10.3. The van der Waals surface area contributed by atoms with Crippen LogP contribution in [0.1, 0.15) is 57.1 Å². The third-order valence-corrected chi connectivity index (χ3v) is 11.7. The zero-order valence-electron chi connectivity index (χ0n) is 29.9. The first-order valence-corrected chi connectivity index (χ1v) is 18.6. The Bertz CT molecular complexity index is 1740. The van der Waals surface area contributed by atoms with Crippen LogP contribution in [0.3, 0.4) is 0 Å². The molecule has 2 saturated heterocycles. The number of fused-ring (bicyclic) bond motifs is 1. The molecule has 2 aromatic carbocycles. The molecule has 4 unspecified atom stereocenters. The molecule has 2 N–H and O–H groups in total. The SMILES string of the molecule is COc1ccc(CCCc2cccc(OCCN=C3CCC(CN4CC(SC5=C(C(=O)O)N6C(=O)CC6C5C)CC4C(C)=O)=CN3)c2)cc1OC. The molecule has 4 aliphatic heterocycles. The van der Waals surface area contributed by atoms with E-state index in [1.54, 1.807) is 32.9 Å². The molecule has 0 spiro atoms. The third kappa shape index (κ3) is 8.44. The highest BCUT2D eigenvalue weighted by atomic mass is 32.2. The summed E-state index contributed by atoms with van der Waals surface area (Å²) in [5.41, 5.74) is 3.79. The number of Topliss-reactive ketones (excluding diaryl/α,β-unsaturated/α-hetero) is 1. The van der Waals surface area contributed by atoms with Gasteiger partial charge in [0.1, 0.15) is 29.7 Å². The fourth-order valence-corrected chi connectivity index (χ4v) is 9.10. The van der Waals surface area contributed by atoms with Crippen LogP contribution >= 0.6 is 11.8 Å². The van der Waals surface area contributed by atoms with Gasteiger partial charge >= 0.3 is 5.97 Å². The van der Waals surface area contributed by atoms with E-state index < -0.39 is 5.97 Å². The van der Waals surface area contributed by atoms with E-state index in [0.29, 0.717) is 39.1 Å². The Labute approximate surface area is 304 Å². The van der Waals surface area contributed by atoms with Crippen LogP contribution in [0.25, 0.3) is 0 Å². The van der Waals surface area contributed by atoms with Crippen LogP contribution in [-0.4, -0.2) is 96.2 Å². The maximum atomic E-state index is 12.6. The number of carbonyl (C=O) groups excluding carboxylic acids is 2. The molecule has 12 heteroatoms. The maximum Gasteiger partial charge on any atom is 0.353 e. The lowest BCUT2D eigenvalue weighted by Crippen LogP contribution is -2.51. The van der Waals surface area contributed by atoms with Crippen LogP contribution in [0.4, 0.5) is 0 Å². The van der Waals surface area contributed by atoms with Crippen LogP contribution in [0.15, 0.2) is 69.8 Å². The Kier molecular flexibility index (Phi) is 11.7. The number of aliphatic imine (C=N–C) groups is 1. The second kappa shape index (κ2) is 16.4. The number of ether oxygens (including phenoxy) is 3. The maximum absolute atomic E-state index is 12.6. The van der Waals surface area contributed by atoms with Crippen LogP contribution in [0, 0.1) is 5.92 Å². The van der Waals surface area contributed by atoms with E-state index >= 15 is 0 Å². The molecule has 51 heavy (non-hydrogen) atoms. The van der Waals surface area contributed by atoms with Crippen molar-refractivity contribution >= 4 is 35.3 Å². The summed E-state index contributed by atoms with van der Waals surface area (Å²) in [6.45, 7) is 6.02. The van der Waals surface area contributed by atoms with Crippen molar-refractivity contribution in [1.29, 1.82) is 0 Å². The average molecular weight is 717 g/mol. The predicted octanol–water partition coefficient (Wildman–Crippen LogP) is 5.24. The van der Waals surface area contributed by atoms with Crippen molar-refractivity contribution in [1.82, 2.24) is 15.1 Å². The summed E-state index contributed by atoms with van der Waals surface area (Å²) in [6.07, 6.45) is 7.60. The molecular formula is C39H48N4O7S. The molecule has 2 fully saturated rings. The van der Waals surface area contributed by atoms with Gasteiger partial charge in [-0.15, -0.1) is 11.8 Å². The number of rotatable bonds is 16. The number of aryl methyl sites for hydroxylation is 2.